The third kappa shape index (κ3) is 4.52. The topological polar surface area (TPSA) is 0 Å². The van der Waals surface area contributed by atoms with Crippen LogP contribution in [-0.4, -0.2) is 0 Å². The molecule has 0 amide bonds. The van der Waals surface area contributed by atoms with Crippen molar-refractivity contribution in [2.45, 2.75) is 0 Å². The molecule has 0 aromatic heterocycles. The van der Waals surface area contributed by atoms with E-state index in [1.165, 1.54) is 131 Å². The van der Waals surface area contributed by atoms with Gasteiger partial charge < -0.3 is 0 Å². The van der Waals surface area contributed by atoms with Gasteiger partial charge in [-0.2, -0.15) is 0 Å². The molecular formula is C58H34. The molecule has 58 heavy (non-hydrogen) atoms. The maximum atomic E-state index is 2.47. The SMILES string of the molecule is c1ccc2cc(-c3cc(-c4ccc5ccc6cccc7ccc4c5c67)c(-c4ccc(-c5ccc6ccc7cccc8ccc5c6c78)cc4)c4ccccc34)ccc2c1. The van der Waals surface area contributed by atoms with Gasteiger partial charge in [-0.1, -0.05) is 194 Å². The summed E-state index contributed by atoms with van der Waals surface area (Å²) in [6, 6.07) is 77.4. The molecule has 13 rings (SSSR count). The standard InChI is InChI=1S/C58H34/c1-2-8-44-33-45(24-15-35(44)7-1)52-34-53(48-30-26-43-23-21-38-10-6-12-40-28-32-51(48)58(43)55(38)40)56(49-14-4-3-13-47(49)52)41-18-16-36(17-19-41)46-29-25-42-22-20-37-9-5-11-39-27-31-50(46)57(42)54(37)39/h1-34H. The molecule has 0 heterocycles. The average Bonchev–Trinajstić information content (AvgIpc) is 3.29. The lowest BCUT2D eigenvalue weighted by atomic mass is 9.82. The first-order chi connectivity index (χ1) is 28.7. The highest BCUT2D eigenvalue weighted by Crippen LogP contribution is 2.48. The van der Waals surface area contributed by atoms with Crippen molar-refractivity contribution in [1.82, 2.24) is 0 Å². The van der Waals surface area contributed by atoms with E-state index in [0.29, 0.717) is 0 Å². The first-order valence-electron chi connectivity index (χ1n) is 20.2. The van der Waals surface area contributed by atoms with Crippen LogP contribution >= 0.6 is 0 Å². The second kappa shape index (κ2) is 12.0. The third-order valence-electron chi connectivity index (χ3n) is 12.9. The largest absolute Gasteiger partial charge is 0.0616 e. The number of hydrogen-bond donors (Lipinski definition) is 0. The van der Waals surface area contributed by atoms with Gasteiger partial charge in [0.25, 0.3) is 0 Å². The van der Waals surface area contributed by atoms with E-state index in [9.17, 15) is 0 Å². The van der Waals surface area contributed by atoms with Gasteiger partial charge in [-0.25, -0.2) is 0 Å². The highest BCUT2D eigenvalue weighted by Gasteiger charge is 2.21. The molecule has 0 unspecified atom stereocenters. The summed E-state index contributed by atoms with van der Waals surface area (Å²) in [5.74, 6) is 0. The Balaban J connectivity index is 1.07. The van der Waals surface area contributed by atoms with Crippen molar-refractivity contribution in [3.63, 3.8) is 0 Å². The predicted molar refractivity (Wildman–Crippen MR) is 251 cm³/mol. The molecule has 0 radical (unpaired) electrons. The summed E-state index contributed by atoms with van der Waals surface area (Å²) in [5.41, 5.74) is 9.94. The van der Waals surface area contributed by atoms with Crippen LogP contribution in [0.4, 0.5) is 0 Å². The summed E-state index contributed by atoms with van der Waals surface area (Å²) in [5, 5.41) is 20.7. The van der Waals surface area contributed by atoms with Gasteiger partial charge in [-0.15, -0.1) is 0 Å². The van der Waals surface area contributed by atoms with Crippen molar-refractivity contribution in [1.29, 1.82) is 0 Å². The van der Waals surface area contributed by atoms with Crippen molar-refractivity contribution in [2.24, 2.45) is 0 Å². The summed E-state index contributed by atoms with van der Waals surface area (Å²) in [4.78, 5) is 0. The minimum Gasteiger partial charge on any atom is -0.0616 e. The Morgan fingerprint density at radius 2 is 0.638 bits per heavy atom. The molecular weight excluding hydrogens is 697 g/mol. The molecule has 0 aliphatic carbocycles. The molecule has 0 nitrogen and oxygen atoms in total. The molecule has 0 saturated heterocycles. The van der Waals surface area contributed by atoms with Crippen LogP contribution in [-0.2, 0) is 0 Å². The van der Waals surface area contributed by atoms with Crippen LogP contribution in [0.3, 0.4) is 0 Å². The normalized spacial score (nSPS) is 12.1. The minimum atomic E-state index is 1.21. The van der Waals surface area contributed by atoms with E-state index in [-0.39, 0.29) is 0 Å². The van der Waals surface area contributed by atoms with Crippen LogP contribution in [0.2, 0.25) is 0 Å². The number of fused-ring (bicyclic) bond motifs is 2. The fourth-order valence-corrected chi connectivity index (χ4v) is 10.3. The molecule has 0 atom stereocenters. The molecule has 0 spiro atoms. The van der Waals surface area contributed by atoms with Gasteiger partial charge in [0.15, 0.2) is 0 Å². The van der Waals surface area contributed by atoms with Crippen LogP contribution in [0, 0.1) is 0 Å². The van der Waals surface area contributed by atoms with Gasteiger partial charge in [0.1, 0.15) is 0 Å². The average molecular weight is 731 g/mol. The molecule has 13 aromatic carbocycles. The Kier molecular flexibility index (Phi) is 6.54. The zero-order valence-electron chi connectivity index (χ0n) is 31.6. The van der Waals surface area contributed by atoms with E-state index in [0.717, 1.165) is 0 Å². The summed E-state index contributed by atoms with van der Waals surface area (Å²) < 4.78 is 0. The first-order valence-corrected chi connectivity index (χ1v) is 20.2. The Bertz CT molecular complexity index is 3740. The van der Waals surface area contributed by atoms with Crippen LogP contribution < -0.4 is 0 Å². The highest BCUT2D eigenvalue weighted by molar-refractivity contribution is 6.27. The van der Waals surface area contributed by atoms with E-state index in [4.69, 9.17) is 0 Å². The van der Waals surface area contributed by atoms with E-state index in [2.05, 4.69) is 206 Å². The Hall–Kier alpha value is -7.54. The molecule has 0 fully saturated rings. The minimum absolute atomic E-state index is 1.21. The highest BCUT2D eigenvalue weighted by atomic mass is 14.2. The second-order valence-electron chi connectivity index (χ2n) is 16.0. The number of hydrogen-bond acceptors (Lipinski definition) is 0. The van der Waals surface area contributed by atoms with E-state index in [1.807, 2.05) is 0 Å². The predicted octanol–water partition coefficient (Wildman–Crippen LogP) is 16.5. The van der Waals surface area contributed by atoms with Crippen molar-refractivity contribution >= 4 is 86.2 Å². The molecule has 0 bridgehead atoms. The van der Waals surface area contributed by atoms with E-state index in [1.54, 1.807) is 0 Å². The van der Waals surface area contributed by atoms with E-state index < -0.39 is 0 Å². The van der Waals surface area contributed by atoms with Gasteiger partial charge in [-0.3, -0.25) is 0 Å². The quantitative estimate of drug-likeness (QED) is 0.158. The van der Waals surface area contributed by atoms with Gasteiger partial charge >= 0.3 is 0 Å². The van der Waals surface area contributed by atoms with Crippen molar-refractivity contribution in [3.8, 4) is 44.5 Å². The number of rotatable bonds is 4. The summed E-state index contributed by atoms with van der Waals surface area (Å²) in [6.45, 7) is 0. The summed E-state index contributed by atoms with van der Waals surface area (Å²) >= 11 is 0. The van der Waals surface area contributed by atoms with Crippen LogP contribution in [0.1, 0.15) is 0 Å². The van der Waals surface area contributed by atoms with Crippen molar-refractivity contribution in [2.75, 3.05) is 0 Å². The maximum absolute atomic E-state index is 2.47. The lowest BCUT2D eigenvalue weighted by Crippen LogP contribution is -1.94. The van der Waals surface area contributed by atoms with Gasteiger partial charge in [0.2, 0.25) is 0 Å². The zero-order chi connectivity index (χ0) is 37.9. The van der Waals surface area contributed by atoms with Crippen LogP contribution in [0.5, 0.6) is 0 Å². The van der Waals surface area contributed by atoms with Crippen LogP contribution in [0.25, 0.3) is 131 Å². The van der Waals surface area contributed by atoms with Gasteiger partial charge in [0, 0.05) is 0 Å². The van der Waals surface area contributed by atoms with Crippen LogP contribution in [0.15, 0.2) is 206 Å². The monoisotopic (exact) mass is 730 g/mol. The second-order valence-corrected chi connectivity index (χ2v) is 16.0. The Morgan fingerprint density at radius 3 is 1.29 bits per heavy atom. The molecule has 0 heteroatoms. The fourth-order valence-electron chi connectivity index (χ4n) is 10.3. The third-order valence-corrected chi connectivity index (χ3v) is 12.9. The Labute approximate surface area is 335 Å². The lowest BCUT2D eigenvalue weighted by molar-refractivity contribution is 1.61. The maximum Gasteiger partial charge on any atom is -0.00206 e. The smallest absolute Gasteiger partial charge is 0.00206 e. The number of benzene rings is 13. The van der Waals surface area contributed by atoms with Gasteiger partial charge in [0.05, 0.1) is 0 Å². The lowest BCUT2D eigenvalue weighted by Gasteiger charge is -2.21. The van der Waals surface area contributed by atoms with E-state index >= 15 is 0 Å². The molecule has 13 aromatic rings. The molecule has 0 N–H and O–H groups in total. The van der Waals surface area contributed by atoms with Crippen molar-refractivity contribution < 1.29 is 0 Å². The summed E-state index contributed by atoms with van der Waals surface area (Å²) in [6.07, 6.45) is 0. The molecule has 0 aliphatic heterocycles. The van der Waals surface area contributed by atoms with Crippen molar-refractivity contribution in [3.05, 3.63) is 206 Å². The van der Waals surface area contributed by atoms with Gasteiger partial charge in [-0.05, 0) is 143 Å². The fraction of sp³-hybridized carbons (Fsp3) is 0. The first kappa shape index (κ1) is 31.6. The Morgan fingerprint density at radius 1 is 0.190 bits per heavy atom. The summed E-state index contributed by atoms with van der Waals surface area (Å²) in [7, 11) is 0. The molecule has 266 valence electrons. The molecule has 0 saturated carbocycles. The zero-order valence-corrected chi connectivity index (χ0v) is 31.6. The molecule has 0 aliphatic rings.